The molecule has 0 amide bonds. The van der Waals surface area contributed by atoms with Gasteiger partial charge in [0.25, 0.3) is 5.56 Å². The molecule has 0 saturated heterocycles. The molecule has 2 aliphatic rings. The van der Waals surface area contributed by atoms with Crippen LogP contribution in [0.3, 0.4) is 0 Å². The molecule has 0 radical (unpaired) electrons. The Hall–Kier alpha value is -3.97. The first-order valence-electron chi connectivity index (χ1n) is 10.8. The van der Waals surface area contributed by atoms with Crippen LogP contribution in [0.4, 0.5) is 11.4 Å². The fourth-order valence-corrected chi connectivity index (χ4v) is 5.68. The van der Waals surface area contributed by atoms with E-state index in [0.717, 1.165) is 41.4 Å². The van der Waals surface area contributed by atoms with Crippen molar-refractivity contribution in [1.82, 2.24) is 9.55 Å². The second-order valence-corrected chi connectivity index (χ2v) is 9.24. The van der Waals surface area contributed by atoms with Crippen molar-refractivity contribution in [3.8, 4) is 6.07 Å². The molecule has 2 aromatic heterocycles. The molecule has 0 unspecified atom stereocenters. The lowest BCUT2D eigenvalue weighted by molar-refractivity contribution is -0.118. The standard InChI is InChI=1S/C24H21N5O4S/c1-13-19-21(26-18-9-6-10-29(18)23(19)31)34-20(13)24(32)33-12-17(30)14(11-25)22-27(2)15-7-4-5-8-16(15)28(22)3/h4-5,7-8H,6,9-10,12H2,1-3H3. The van der Waals surface area contributed by atoms with Gasteiger partial charge in [-0.15, -0.1) is 11.3 Å². The number of thiophene rings is 1. The van der Waals surface area contributed by atoms with Crippen LogP contribution in [0.1, 0.15) is 27.5 Å². The zero-order valence-corrected chi connectivity index (χ0v) is 19.7. The summed E-state index contributed by atoms with van der Waals surface area (Å²) in [5.74, 6) is -0.162. The zero-order chi connectivity index (χ0) is 24.1. The lowest BCUT2D eigenvalue weighted by atomic mass is 10.2. The summed E-state index contributed by atoms with van der Waals surface area (Å²) in [5.41, 5.74) is 1.98. The molecule has 172 valence electrons. The first-order chi connectivity index (χ1) is 16.3. The Morgan fingerprint density at radius 2 is 1.88 bits per heavy atom. The number of esters is 1. The van der Waals surface area contributed by atoms with Crippen molar-refractivity contribution in [2.24, 2.45) is 0 Å². The summed E-state index contributed by atoms with van der Waals surface area (Å²) < 4.78 is 6.95. The minimum atomic E-state index is -0.711. The average molecular weight is 476 g/mol. The number of aromatic nitrogens is 2. The Balaban J connectivity index is 1.39. The van der Waals surface area contributed by atoms with Gasteiger partial charge in [0.1, 0.15) is 33.0 Å². The fourth-order valence-electron chi connectivity index (χ4n) is 4.60. The monoisotopic (exact) mass is 475 g/mol. The van der Waals surface area contributed by atoms with E-state index in [2.05, 4.69) is 4.98 Å². The number of nitriles is 1. The molecule has 4 heterocycles. The average Bonchev–Trinajstić information content (AvgIpc) is 3.50. The number of carbonyl (C=O) groups excluding carboxylic acids is 2. The van der Waals surface area contributed by atoms with Gasteiger partial charge in [-0.3, -0.25) is 14.2 Å². The molecule has 0 fully saturated rings. The van der Waals surface area contributed by atoms with Crippen LogP contribution in [0.2, 0.25) is 0 Å². The second kappa shape index (κ2) is 8.11. The van der Waals surface area contributed by atoms with Crippen LogP contribution in [-0.2, 0) is 22.5 Å². The number of aryl methyl sites for hydroxylation is 2. The molecular weight excluding hydrogens is 454 g/mol. The number of ether oxygens (including phenoxy) is 1. The summed E-state index contributed by atoms with van der Waals surface area (Å²) in [6.07, 6.45) is 1.61. The number of rotatable bonds is 4. The Bertz CT molecular complexity index is 1480. The van der Waals surface area contributed by atoms with Crippen molar-refractivity contribution in [3.05, 3.63) is 62.3 Å². The maximum Gasteiger partial charge on any atom is 0.349 e. The molecule has 3 aromatic rings. The third kappa shape index (κ3) is 3.20. The van der Waals surface area contributed by atoms with Crippen LogP contribution in [0.15, 0.2) is 40.5 Å². The van der Waals surface area contributed by atoms with Gasteiger partial charge in [-0.25, -0.2) is 9.78 Å². The number of carbonyl (C=O) groups is 2. The van der Waals surface area contributed by atoms with E-state index in [0.29, 0.717) is 28.1 Å². The summed E-state index contributed by atoms with van der Waals surface area (Å²) in [4.78, 5) is 47.4. The van der Waals surface area contributed by atoms with E-state index >= 15 is 0 Å². The van der Waals surface area contributed by atoms with Gasteiger partial charge in [-0.05, 0) is 31.0 Å². The van der Waals surface area contributed by atoms with Gasteiger partial charge < -0.3 is 14.5 Å². The van der Waals surface area contributed by atoms with Crippen LogP contribution in [0.25, 0.3) is 10.2 Å². The van der Waals surface area contributed by atoms with E-state index in [9.17, 15) is 19.6 Å². The fraction of sp³-hybridized carbons (Fsp3) is 0.292. The Labute approximate surface area is 199 Å². The van der Waals surface area contributed by atoms with E-state index in [-0.39, 0.29) is 16.0 Å². The highest BCUT2D eigenvalue weighted by Crippen LogP contribution is 2.40. The minimum Gasteiger partial charge on any atom is -0.453 e. The molecule has 2 aliphatic heterocycles. The van der Waals surface area contributed by atoms with E-state index in [1.807, 2.05) is 30.3 Å². The number of benzene rings is 1. The summed E-state index contributed by atoms with van der Waals surface area (Å²) in [5, 5.41) is 10.2. The number of nitrogens with zero attached hydrogens (tertiary/aromatic N) is 5. The number of hydrogen-bond donors (Lipinski definition) is 0. The molecule has 0 spiro atoms. The lowest BCUT2D eigenvalue weighted by Crippen LogP contribution is -2.27. The van der Waals surface area contributed by atoms with Crippen molar-refractivity contribution in [1.29, 1.82) is 5.26 Å². The Kier molecular flexibility index (Phi) is 5.21. The van der Waals surface area contributed by atoms with Crippen LogP contribution >= 0.6 is 11.3 Å². The quantitative estimate of drug-likeness (QED) is 0.322. The number of hydrogen-bond acceptors (Lipinski definition) is 9. The maximum absolute atomic E-state index is 12.9. The highest BCUT2D eigenvalue weighted by molar-refractivity contribution is 7.20. The Morgan fingerprint density at radius 3 is 2.53 bits per heavy atom. The molecule has 0 atom stereocenters. The molecule has 0 saturated carbocycles. The predicted octanol–water partition coefficient (Wildman–Crippen LogP) is 2.76. The molecule has 1 aromatic carbocycles. The number of ketones is 1. The van der Waals surface area contributed by atoms with Crippen molar-refractivity contribution in [2.75, 3.05) is 30.5 Å². The summed E-state index contributed by atoms with van der Waals surface area (Å²) in [6.45, 7) is 1.73. The van der Waals surface area contributed by atoms with Crippen LogP contribution < -0.4 is 15.4 Å². The number of anilines is 2. The van der Waals surface area contributed by atoms with Crippen molar-refractivity contribution >= 4 is 44.7 Å². The third-order valence-corrected chi connectivity index (χ3v) is 7.45. The summed E-state index contributed by atoms with van der Waals surface area (Å²) >= 11 is 1.09. The predicted molar refractivity (Wildman–Crippen MR) is 128 cm³/mol. The largest absolute Gasteiger partial charge is 0.453 e. The molecule has 10 heteroatoms. The first kappa shape index (κ1) is 21.9. The molecular formula is C24H21N5O4S. The van der Waals surface area contributed by atoms with E-state index in [4.69, 9.17) is 4.74 Å². The lowest BCUT2D eigenvalue weighted by Gasteiger charge is -2.19. The van der Waals surface area contributed by atoms with Gasteiger partial charge in [0, 0.05) is 27.1 Å². The topological polar surface area (TPSA) is 109 Å². The number of fused-ring (bicyclic) bond motifs is 3. The van der Waals surface area contributed by atoms with Crippen molar-refractivity contribution in [3.63, 3.8) is 0 Å². The number of para-hydroxylation sites is 2. The summed E-state index contributed by atoms with van der Waals surface area (Å²) in [7, 11) is 3.55. The molecule has 9 nitrogen and oxygen atoms in total. The molecule has 5 rings (SSSR count). The minimum absolute atomic E-state index is 0.0987. The van der Waals surface area contributed by atoms with Gasteiger partial charge in [-0.2, -0.15) is 5.26 Å². The van der Waals surface area contributed by atoms with Crippen LogP contribution in [-0.4, -0.2) is 42.0 Å². The first-order valence-corrected chi connectivity index (χ1v) is 11.6. The zero-order valence-electron chi connectivity index (χ0n) is 18.9. The highest BCUT2D eigenvalue weighted by atomic mass is 32.1. The molecule has 0 bridgehead atoms. The van der Waals surface area contributed by atoms with Crippen molar-refractivity contribution < 1.29 is 14.3 Å². The SMILES string of the molecule is Cc1c(C(=O)OCC(=O)C(C#N)=C2N(C)c3ccccc3N2C)sc2nc3n(c(=O)c12)CCC3. The third-order valence-electron chi connectivity index (χ3n) is 6.29. The van der Waals surface area contributed by atoms with E-state index in [1.54, 1.807) is 35.4 Å². The van der Waals surface area contributed by atoms with Gasteiger partial charge in [0.05, 0.1) is 16.8 Å². The number of Topliss-reactive ketones (excluding diaryl/α,β-unsaturated/α-hetero) is 1. The van der Waals surface area contributed by atoms with Crippen molar-refractivity contribution in [2.45, 2.75) is 26.3 Å². The smallest absolute Gasteiger partial charge is 0.349 e. The van der Waals surface area contributed by atoms with Gasteiger partial charge >= 0.3 is 5.97 Å². The molecule has 0 aliphatic carbocycles. The van der Waals surface area contributed by atoms with Crippen LogP contribution in [0.5, 0.6) is 0 Å². The van der Waals surface area contributed by atoms with Gasteiger partial charge in [0.15, 0.2) is 6.61 Å². The van der Waals surface area contributed by atoms with E-state index < -0.39 is 18.4 Å². The molecule has 34 heavy (non-hydrogen) atoms. The van der Waals surface area contributed by atoms with Gasteiger partial charge in [-0.1, -0.05) is 12.1 Å². The summed E-state index contributed by atoms with van der Waals surface area (Å²) in [6, 6.07) is 9.53. The highest BCUT2D eigenvalue weighted by Gasteiger charge is 2.32. The maximum atomic E-state index is 12.9. The second-order valence-electron chi connectivity index (χ2n) is 8.24. The van der Waals surface area contributed by atoms with Crippen LogP contribution in [0, 0.1) is 18.3 Å². The molecule has 0 N–H and O–H groups in total. The van der Waals surface area contributed by atoms with E-state index in [1.165, 1.54) is 0 Å². The van der Waals surface area contributed by atoms with Gasteiger partial charge in [0.2, 0.25) is 5.78 Å². The Morgan fingerprint density at radius 1 is 1.21 bits per heavy atom. The normalized spacial score (nSPS) is 14.2.